The molecule has 7 heteroatoms. The molecule has 0 aliphatic carbocycles. The Labute approximate surface area is 82.4 Å². The quantitative estimate of drug-likeness (QED) is 0.723. The molecule has 0 saturated carbocycles. The molecule has 1 aromatic rings. The maximum atomic E-state index is 11.6. The lowest BCUT2D eigenvalue weighted by atomic mass is 10.2. The van der Waals surface area contributed by atoms with Crippen molar-refractivity contribution in [2.75, 3.05) is 12.3 Å². The van der Waals surface area contributed by atoms with Gasteiger partial charge >= 0.3 is 0 Å². The molecule has 78 valence electrons. The molecule has 1 N–H and O–H groups in total. The molecule has 0 aromatic carbocycles. The summed E-state index contributed by atoms with van der Waals surface area (Å²) in [4.78, 5) is 0. The van der Waals surface area contributed by atoms with Gasteiger partial charge in [-0.2, -0.15) is 19.7 Å². The van der Waals surface area contributed by atoms with Crippen molar-refractivity contribution in [1.29, 1.82) is 0 Å². The number of hydrogen-bond donors (Lipinski definition) is 1. The summed E-state index contributed by atoms with van der Waals surface area (Å²) in [7, 11) is -3.09. The van der Waals surface area contributed by atoms with Crippen LogP contribution in [0.4, 0.5) is 0 Å². The smallest absolute Gasteiger partial charge is 0.212 e. The molecule has 14 heavy (non-hydrogen) atoms. The third kappa shape index (κ3) is 1.53. The van der Waals surface area contributed by atoms with Crippen molar-refractivity contribution in [2.24, 2.45) is 0 Å². The Morgan fingerprint density at radius 1 is 1.43 bits per heavy atom. The van der Waals surface area contributed by atoms with E-state index in [9.17, 15) is 8.42 Å². The van der Waals surface area contributed by atoms with E-state index in [2.05, 4.69) is 15.4 Å². The lowest BCUT2D eigenvalue weighted by molar-refractivity contribution is 0.386. The van der Waals surface area contributed by atoms with E-state index in [0.717, 1.165) is 11.4 Å². The van der Waals surface area contributed by atoms with E-state index in [1.54, 1.807) is 6.92 Å². The molecule has 0 fully saturated rings. The molecule has 1 aliphatic heterocycles. The number of nitrogens with zero attached hydrogens (tertiary/aromatic N) is 3. The average molecular weight is 216 g/mol. The van der Waals surface area contributed by atoms with Gasteiger partial charge in [-0.15, -0.1) is 0 Å². The van der Waals surface area contributed by atoms with Crippen LogP contribution >= 0.6 is 0 Å². The first kappa shape index (κ1) is 9.60. The maximum absolute atomic E-state index is 11.6. The highest BCUT2D eigenvalue weighted by Gasteiger charge is 2.27. The van der Waals surface area contributed by atoms with Crippen molar-refractivity contribution < 1.29 is 8.42 Å². The van der Waals surface area contributed by atoms with Gasteiger partial charge in [0.15, 0.2) is 0 Å². The van der Waals surface area contributed by atoms with E-state index in [1.807, 2.05) is 0 Å². The summed E-state index contributed by atoms with van der Waals surface area (Å²) in [5.41, 5.74) is 1.63. The van der Waals surface area contributed by atoms with Crippen LogP contribution in [-0.2, 0) is 23.0 Å². The number of hydrogen-bond acceptors (Lipinski definition) is 4. The van der Waals surface area contributed by atoms with Crippen LogP contribution in [0.3, 0.4) is 0 Å². The maximum Gasteiger partial charge on any atom is 0.214 e. The van der Waals surface area contributed by atoms with Gasteiger partial charge in [0.25, 0.3) is 0 Å². The fraction of sp³-hybridized carbons (Fsp3) is 0.714. The minimum absolute atomic E-state index is 0.139. The Morgan fingerprint density at radius 2 is 2.14 bits per heavy atom. The van der Waals surface area contributed by atoms with Crippen molar-refractivity contribution in [3.8, 4) is 0 Å². The predicted octanol–water partition coefficient (Wildman–Crippen LogP) is -0.488. The highest BCUT2D eigenvalue weighted by Crippen LogP contribution is 2.16. The van der Waals surface area contributed by atoms with Crippen molar-refractivity contribution in [3.05, 3.63) is 11.4 Å². The van der Waals surface area contributed by atoms with E-state index >= 15 is 0 Å². The van der Waals surface area contributed by atoms with E-state index in [1.165, 1.54) is 4.31 Å². The Kier molecular flexibility index (Phi) is 2.28. The first-order chi connectivity index (χ1) is 6.63. The van der Waals surface area contributed by atoms with Crippen LogP contribution in [0.15, 0.2) is 0 Å². The third-order valence-electron chi connectivity index (χ3n) is 2.39. The highest BCUT2D eigenvalue weighted by molar-refractivity contribution is 7.89. The third-order valence-corrected chi connectivity index (χ3v) is 4.21. The number of fused-ring (bicyclic) bond motifs is 1. The average Bonchev–Trinajstić information content (AvgIpc) is 2.64. The van der Waals surface area contributed by atoms with Gasteiger partial charge in [0, 0.05) is 13.0 Å². The number of aromatic nitrogens is 3. The van der Waals surface area contributed by atoms with Gasteiger partial charge < -0.3 is 0 Å². The van der Waals surface area contributed by atoms with Gasteiger partial charge in [0.2, 0.25) is 10.0 Å². The predicted molar refractivity (Wildman–Crippen MR) is 50.0 cm³/mol. The fourth-order valence-electron chi connectivity index (χ4n) is 1.50. The molecule has 0 amide bonds. The number of aromatic amines is 1. The molecule has 0 saturated heterocycles. The molecule has 0 radical (unpaired) electrons. The minimum Gasteiger partial charge on any atom is -0.212 e. The first-order valence-corrected chi connectivity index (χ1v) is 6.10. The van der Waals surface area contributed by atoms with Crippen molar-refractivity contribution >= 4 is 10.0 Å². The van der Waals surface area contributed by atoms with Crippen LogP contribution < -0.4 is 0 Å². The molecule has 6 nitrogen and oxygen atoms in total. The summed E-state index contributed by atoms with van der Waals surface area (Å²) >= 11 is 0. The van der Waals surface area contributed by atoms with Gasteiger partial charge in [-0.3, -0.25) is 0 Å². The molecule has 0 unspecified atom stereocenters. The molecule has 0 bridgehead atoms. The van der Waals surface area contributed by atoms with Gasteiger partial charge in [-0.05, 0) is 6.92 Å². The number of sulfonamides is 1. The van der Waals surface area contributed by atoms with Crippen LogP contribution in [0.25, 0.3) is 0 Å². The molecular formula is C7H12N4O2S. The molecule has 1 aromatic heterocycles. The molecule has 0 atom stereocenters. The SMILES string of the molecule is CCS(=O)(=O)N1CCc2n[nH]nc2C1. The molecular weight excluding hydrogens is 204 g/mol. The summed E-state index contributed by atoms with van der Waals surface area (Å²) in [6.07, 6.45) is 0.644. The largest absolute Gasteiger partial charge is 0.214 e. The number of H-pyrrole nitrogens is 1. The summed E-state index contributed by atoms with van der Waals surface area (Å²) in [5.74, 6) is 0.139. The zero-order chi connectivity index (χ0) is 10.2. The van der Waals surface area contributed by atoms with Crippen LogP contribution in [-0.4, -0.2) is 40.4 Å². The second kappa shape index (κ2) is 3.32. The van der Waals surface area contributed by atoms with E-state index in [4.69, 9.17) is 0 Å². The van der Waals surface area contributed by atoms with Gasteiger partial charge in [-0.1, -0.05) is 0 Å². The number of rotatable bonds is 2. The van der Waals surface area contributed by atoms with Crippen molar-refractivity contribution in [3.63, 3.8) is 0 Å². The normalized spacial score (nSPS) is 18.1. The Bertz CT molecular complexity index is 425. The topological polar surface area (TPSA) is 79.0 Å². The second-order valence-electron chi connectivity index (χ2n) is 3.20. The Morgan fingerprint density at radius 3 is 2.86 bits per heavy atom. The summed E-state index contributed by atoms with van der Waals surface area (Å²) < 4.78 is 24.6. The van der Waals surface area contributed by atoms with E-state index in [-0.39, 0.29) is 5.75 Å². The lowest BCUT2D eigenvalue weighted by Gasteiger charge is -2.23. The van der Waals surface area contributed by atoms with Crippen LogP contribution in [0, 0.1) is 0 Å². The van der Waals surface area contributed by atoms with Crippen molar-refractivity contribution in [1.82, 2.24) is 19.7 Å². The minimum atomic E-state index is -3.09. The molecule has 1 aliphatic rings. The number of nitrogens with one attached hydrogen (secondary N) is 1. The Balaban J connectivity index is 2.23. The van der Waals surface area contributed by atoms with E-state index < -0.39 is 10.0 Å². The molecule has 2 heterocycles. The Hall–Kier alpha value is -0.950. The van der Waals surface area contributed by atoms with Crippen LogP contribution in [0.1, 0.15) is 18.3 Å². The first-order valence-electron chi connectivity index (χ1n) is 4.50. The zero-order valence-electron chi connectivity index (χ0n) is 7.89. The van der Waals surface area contributed by atoms with Crippen LogP contribution in [0.5, 0.6) is 0 Å². The molecule has 0 spiro atoms. The van der Waals surface area contributed by atoms with Crippen LogP contribution in [0.2, 0.25) is 0 Å². The zero-order valence-corrected chi connectivity index (χ0v) is 8.71. The standard InChI is InChI=1S/C7H12N4O2S/c1-2-14(12,13)11-4-3-6-7(5-11)9-10-8-6/h2-5H2,1H3,(H,8,9,10). The van der Waals surface area contributed by atoms with E-state index in [0.29, 0.717) is 19.5 Å². The highest BCUT2D eigenvalue weighted by atomic mass is 32.2. The monoisotopic (exact) mass is 216 g/mol. The summed E-state index contributed by atoms with van der Waals surface area (Å²) in [5, 5.41) is 10.4. The van der Waals surface area contributed by atoms with Crippen molar-refractivity contribution in [2.45, 2.75) is 19.9 Å². The molecule has 2 rings (SSSR count). The van der Waals surface area contributed by atoms with Gasteiger partial charge in [-0.25, -0.2) is 8.42 Å². The summed E-state index contributed by atoms with van der Waals surface area (Å²) in [6, 6.07) is 0. The second-order valence-corrected chi connectivity index (χ2v) is 5.46. The van der Waals surface area contributed by atoms with Gasteiger partial charge in [0.1, 0.15) is 5.69 Å². The lowest BCUT2D eigenvalue weighted by Crippen LogP contribution is -2.36. The van der Waals surface area contributed by atoms with Gasteiger partial charge in [0.05, 0.1) is 18.0 Å². The summed E-state index contributed by atoms with van der Waals surface area (Å²) in [6.45, 7) is 2.51. The fourth-order valence-corrected chi connectivity index (χ4v) is 2.55.